The minimum Gasteiger partial charge on any atom is -0.486 e. The second-order valence-corrected chi connectivity index (χ2v) is 6.90. The van der Waals surface area contributed by atoms with E-state index >= 15 is 0 Å². The largest absolute Gasteiger partial charge is 0.486 e. The minimum absolute atomic E-state index is 0.0947. The second-order valence-electron chi connectivity index (χ2n) is 6.90. The fourth-order valence-electron chi connectivity index (χ4n) is 3.74. The maximum absolute atomic E-state index is 13.7. The van der Waals surface area contributed by atoms with Gasteiger partial charge in [-0.25, -0.2) is 4.39 Å². The number of benzene rings is 2. The monoisotopic (exact) mass is 370 g/mol. The van der Waals surface area contributed by atoms with Gasteiger partial charge in [0.25, 0.3) is 0 Å². The minimum atomic E-state index is -0.298. The smallest absolute Gasteiger partial charge is 0.234 e. The first-order valence-electron chi connectivity index (χ1n) is 9.34. The van der Waals surface area contributed by atoms with Crippen LogP contribution in [0.1, 0.15) is 30.0 Å². The van der Waals surface area contributed by atoms with Crippen molar-refractivity contribution >= 4 is 5.91 Å². The van der Waals surface area contributed by atoms with Crippen LogP contribution in [0.2, 0.25) is 0 Å². The van der Waals surface area contributed by atoms with E-state index < -0.39 is 0 Å². The van der Waals surface area contributed by atoms with Gasteiger partial charge in [0.1, 0.15) is 19.0 Å². The van der Waals surface area contributed by atoms with Crippen LogP contribution in [0.25, 0.3) is 0 Å². The third-order valence-corrected chi connectivity index (χ3v) is 5.10. The van der Waals surface area contributed by atoms with Gasteiger partial charge in [-0.1, -0.05) is 24.3 Å². The zero-order valence-corrected chi connectivity index (χ0v) is 15.1. The number of nitrogens with zero attached hydrogens (tertiary/aromatic N) is 1. The molecule has 2 aliphatic heterocycles. The van der Waals surface area contributed by atoms with Gasteiger partial charge in [-0.05, 0) is 43.1 Å². The highest BCUT2D eigenvalue weighted by Crippen LogP contribution is 2.37. The van der Waals surface area contributed by atoms with E-state index in [1.165, 1.54) is 6.07 Å². The van der Waals surface area contributed by atoms with E-state index in [1.54, 1.807) is 18.2 Å². The standard InChI is InChI=1S/C21H23FN2O3/c22-17-5-2-1-4-16(17)13-23-21(25)14-24-9-3-6-18(24)15-7-8-19-20(12-15)27-11-10-26-19/h1-2,4-5,7-8,12,18H,3,6,9-11,13-14H2,(H,23,25)/t18-/m0/s1. The van der Waals surface area contributed by atoms with Gasteiger partial charge in [0, 0.05) is 18.2 Å². The number of hydrogen-bond acceptors (Lipinski definition) is 4. The summed E-state index contributed by atoms with van der Waals surface area (Å²) in [5, 5.41) is 2.82. The van der Waals surface area contributed by atoms with E-state index in [2.05, 4.69) is 10.2 Å². The summed E-state index contributed by atoms with van der Waals surface area (Å²) >= 11 is 0. The molecule has 2 aromatic rings. The molecular formula is C21H23FN2O3. The molecule has 0 spiro atoms. The van der Waals surface area contributed by atoms with Gasteiger partial charge in [-0.15, -0.1) is 0 Å². The van der Waals surface area contributed by atoms with Crippen LogP contribution in [0.3, 0.4) is 0 Å². The summed E-state index contributed by atoms with van der Waals surface area (Å²) in [4.78, 5) is 14.5. The van der Waals surface area contributed by atoms with Crippen molar-refractivity contribution in [2.45, 2.75) is 25.4 Å². The number of carbonyl (C=O) groups excluding carboxylic acids is 1. The van der Waals surface area contributed by atoms with Gasteiger partial charge in [0.15, 0.2) is 11.5 Å². The Morgan fingerprint density at radius 1 is 1.15 bits per heavy atom. The molecule has 27 heavy (non-hydrogen) atoms. The highest BCUT2D eigenvalue weighted by atomic mass is 19.1. The first-order chi connectivity index (χ1) is 13.2. The summed E-state index contributed by atoms with van der Waals surface area (Å²) in [7, 11) is 0. The Morgan fingerprint density at radius 2 is 1.96 bits per heavy atom. The number of carbonyl (C=O) groups is 1. The average Bonchev–Trinajstić information content (AvgIpc) is 3.15. The number of ether oxygens (including phenoxy) is 2. The first-order valence-corrected chi connectivity index (χ1v) is 9.34. The molecule has 1 atom stereocenters. The topological polar surface area (TPSA) is 50.8 Å². The lowest BCUT2D eigenvalue weighted by molar-refractivity contribution is -0.122. The van der Waals surface area contributed by atoms with E-state index in [9.17, 15) is 9.18 Å². The molecule has 5 nitrogen and oxygen atoms in total. The SMILES string of the molecule is O=C(CN1CCC[C@H]1c1ccc2c(c1)OCCO2)NCc1ccccc1F. The van der Waals surface area contributed by atoms with Gasteiger partial charge in [0.05, 0.1) is 6.54 Å². The molecule has 0 bridgehead atoms. The fraction of sp³-hybridized carbons (Fsp3) is 0.381. The molecule has 0 radical (unpaired) electrons. The van der Waals surface area contributed by atoms with E-state index in [1.807, 2.05) is 18.2 Å². The van der Waals surface area contributed by atoms with Crippen LogP contribution in [0.5, 0.6) is 11.5 Å². The molecule has 0 saturated carbocycles. The molecule has 2 aromatic carbocycles. The molecule has 6 heteroatoms. The van der Waals surface area contributed by atoms with Crippen LogP contribution in [0.4, 0.5) is 4.39 Å². The van der Waals surface area contributed by atoms with Gasteiger partial charge in [-0.3, -0.25) is 9.69 Å². The van der Waals surface area contributed by atoms with Gasteiger partial charge < -0.3 is 14.8 Å². The second kappa shape index (κ2) is 7.96. The molecular weight excluding hydrogens is 347 g/mol. The van der Waals surface area contributed by atoms with Gasteiger partial charge >= 0.3 is 0 Å². The predicted molar refractivity (Wildman–Crippen MR) is 99.2 cm³/mol. The van der Waals surface area contributed by atoms with Crippen molar-refractivity contribution in [2.75, 3.05) is 26.3 Å². The predicted octanol–water partition coefficient (Wildman–Crippen LogP) is 3.05. The third-order valence-electron chi connectivity index (χ3n) is 5.10. The number of fused-ring (bicyclic) bond motifs is 1. The molecule has 1 N–H and O–H groups in total. The Kier molecular flexibility index (Phi) is 5.25. The normalized spacial score (nSPS) is 19.1. The lowest BCUT2D eigenvalue weighted by atomic mass is 10.0. The Morgan fingerprint density at radius 3 is 2.81 bits per heavy atom. The van der Waals surface area contributed by atoms with Crippen LogP contribution in [-0.4, -0.2) is 37.1 Å². The number of amides is 1. The Hall–Kier alpha value is -2.60. The summed E-state index contributed by atoms with van der Waals surface area (Å²) < 4.78 is 24.9. The Labute approximate surface area is 158 Å². The molecule has 0 aliphatic carbocycles. The van der Waals surface area contributed by atoms with Gasteiger partial charge in [0.2, 0.25) is 5.91 Å². The summed E-state index contributed by atoms with van der Waals surface area (Å²) in [5.41, 5.74) is 1.63. The van der Waals surface area contributed by atoms with Crippen LogP contribution in [-0.2, 0) is 11.3 Å². The molecule has 0 aromatic heterocycles. The van der Waals surface area contributed by atoms with Crippen LogP contribution >= 0.6 is 0 Å². The molecule has 1 amide bonds. The third kappa shape index (κ3) is 4.06. The molecule has 142 valence electrons. The number of hydrogen-bond donors (Lipinski definition) is 1. The molecule has 1 fully saturated rings. The fourth-order valence-corrected chi connectivity index (χ4v) is 3.74. The Bertz CT molecular complexity index is 827. The number of halogens is 1. The van der Waals surface area contributed by atoms with Gasteiger partial charge in [-0.2, -0.15) is 0 Å². The summed E-state index contributed by atoms with van der Waals surface area (Å²) in [6, 6.07) is 12.7. The van der Waals surface area contributed by atoms with Crippen molar-refractivity contribution in [1.29, 1.82) is 0 Å². The summed E-state index contributed by atoms with van der Waals surface area (Å²) in [5.74, 6) is 1.16. The molecule has 0 unspecified atom stereocenters. The quantitative estimate of drug-likeness (QED) is 0.879. The van der Waals surface area contributed by atoms with E-state index in [-0.39, 0.29) is 24.3 Å². The van der Waals surface area contributed by atoms with Crippen molar-refractivity contribution in [3.05, 3.63) is 59.4 Å². The van der Waals surface area contributed by atoms with Crippen molar-refractivity contribution in [1.82, 2.24) is 10.2 Å². The van der Waals surface area contributed by atoms with Crippen LogP contribution < -0.4 is 14.8 Å². The highest BCUT2D eigenvalue weighted by molar-refractivity contribution is 5.78. The van der Waals surface area contributed by atoms with Crippen molar-refractivity contribution < 1.29 is 18.7 Å². The Balaban J connectivity index is 1.38. The first kappa shape index (κ1) is 17.8. The lowest BCUT2D eigenvalue weighted by Gasteiger charge is -2.26. The van der Waals surface area contributed by atoms with Crippen molar-refractivity contribution in [3.8, 4) is 11.5 Å². The summed E-state index contributed by atoms with van der Waals surface area (Å²) in [6.07, 6.45) is 2.04. The van der Waals surface area contributed by atoms with E-state index in [0.717, 1.165) is 36.4 Å². The van der Waals surface area contributed by atoms with Crippen molar-refractivity contribution in [3.63, 3.8) is 0 Å². The lowest BCUT2D eigenvalue weighted by Crippen LogP contribution is -2.36. The van der Waals surface area contributed by atoms with Crippen LogP contribution in [0.15, 0.2) is 42.5 Å². The molecule has 4 rings (SSSR count). The maximum Gasteiger partial charge on any atom is 0.234 e. The van der Waals surface area contributed by atoms with E-state index in [0.29, 0.717) is 25.3 Å². The number of rotatable bonds is 5. The highest BCUT2D eigenvalue weighted by Gasteiger charge is 2.28. The maximum atomic E-state index is 13.7. The zero-order valence-electron chi connectivity index (χ0n) is 15.1. The number of nitrogens with one attached hydrogen (secondary N) is 1. The van der Waals surface area contributed by atoms with Crippen molar-refractivity contribution in [2.24, 2.45) is 0 Å². The average molecular weight is 370 g/mol. The molecule has 2 heterocycles. The zero-order chi connectivity index (χ0) is 18.6. The molecule has 1 saturated heterocycles. The number of likely N-dealkylation sites (tertiary alicyclic amines) is 1. The van der Waals surface area contributed by atoms with Crippen LogP contribution in [0, 0.1) is 5.82 Å². The summed E-state index contributed by atoms with van der Waals surface area (Å²) in [6.45, 7) is 2.50. The van der Waals surface area contributed by atoms with E-state index in [4.69, 9.17) is 9.47 Å². The molecule has 2 aliphatic rings.